The van der Waals surface area contributed by atoms with Crippen molar-refractivity contribution in [1.29, 1.82) is 0 Å². The van der Waals surface area contributed by atoms with Crippen molar-refractivity contribution in [3.8, 4) is 5.69 Å². The summed E-state index contributed by atoms with van der Waals surface area (Å²) in [7, 11) is 0. The predicted octanol–water partition coefficient (Wildman–Crippen LogP) is 4.33. The smallest absolute Gasteiger partial charge is 0.367 e. The van der Waals surface area contributed by atoms with E-state index >= 15 is 0 Å². The number of halogens is 4. The first kappa shape index (κ1) is 22.6. The van der Waals surface area contributed by atoms with Gasteiger partial charge in [-0.3, -0.25) is 4.79 Å². The molecule has 164 valence electrons. The number of nitrogens with zero attached hydrogens (tertiary/aromatic N) is 3. The minimum Gasteiger partial charge on any atom is -0.367 e. The first-order valence-corrected chi connectivity index (χ1v) is 9.88. The van der Waals surface area contributed by atoms with Gasteiger partial charge in [0.2, 0.25) is 5.91 Å². The average Bonchev–Trinajstić information content (AvgIpc) is 3.00. The van der Waals surface area contributed by atoms with Crippen molar-refractivity contribution < 1.29 is 18.0 Å². The number of nitrogens with one attached hydrogen (secondary N) is 2. The Morgan fingerprint density at radius 2 is 1.87 bits per heavy atom. The third kappa shape index (κ3) is 5.55. The van der Waals surface area contributed by atoms with Crippen LogP contribution in [0.2, 0.25) is 5.02 Å². The molecule has 10 heteroatoms. The third-order valence-corrected chi connectivity index (χ3v) is 4.98. The molecule has 0 unspecified atom stereocenters. The third-order valence-electron chi connectivity index (χ3n) is 4.69. The molecule has 0 bridgehead atoms. The number of rotatable bonds is 7. The molecule has 31 heavy (non-hydrogen) atoms. The number of amides is 1. The fourth-order valence-electron chi connectivity index (χ4n) is 3.08. The molecular weight excluding hydrogens is 431 g/mol. The minimum absolute atomic E-state index is 0.125. The van der Waals surface area contributed by atoms with E-state index in [2.05, 4.69) is 20.7 Å². The SMILES string of the molecule is Cc1nn(-c2ccccc2)c(C)c1CC(=O)NCCNc1ncc(C(F)(F)F)cc1Cl. The quantitative estimate of drug-likeness (QED) is 0.524. The number of pyridine rings is 1. The van der Waals surface area contributed by atoms with Crippen LogP contribution in [-0.4, -0.2) is 33.8 Å². The van der Waals surface area contributed by atoms with Crippen LogP contribution in [0.15, 0.2) is 42.6 Å². The molecule has 0 aliphatic carbocycles. The molecule has 0 saturated carbocycles. The van der Waals surface area contributed by atoms with E-state index in [4.69, 9.17) is 11.6 Å². The summed E-state index contributed by atoms with van der Waals surface area (Å²) in [5, 5.41) is 9.97. The molecule has 0 radical (unpaired) electrons. The van der Waals surface area contributed by atoms with Crippen LogP contribution in [0.4, 0.5) is 19.0 Å². The summed E-state index contributed by atoms with van der Waals surface area (Å²) in [4.78, 5) is 16.1. The van der Waals surface area contributed by atoms with Gasteiger partial charge in [0.1, 0.15) is 5.82 Å². The number of carbonyl (C=O) groups excluding carboxylic acids is 1. The number of hydrogen-bond acceptors (Lipinski definition) is 4. The molecule has 3 aromatic rings. The first-order chi connectivity index (χ1) is 14.7. The Labute approximate surface area is 182 Å². The first-order valence-electron chi connectivity index (χ1n) is 9.50. The maximum absolute atomic E-state index is 12.7. The van der Waals surface area contributed by atoms with Crippen molar-refractivity contribution in [3.63, 3.8) is 0 Å². The second-order valence-electron chi connectivity index (χ2n) is 6.90. The highest BCUT2D eigenvalue weighted by Crippen LogP contribution is 2.32. The fourth-order valence-corrected chi connectivity index (χ4v) is 3.31. The van der Waals surface area contributed by atoms with E-state index in [1.165, 1.54) is 0 Å². The number of para-hydroxylation sites is 1. The maximum Gasteiger partial charge on any atom is 0.417 e. The lowest BCUT2D eigenvalue weighted by molar-refractivity contribution is -0.137. The summed E-state index contributed by atoms with van der Waals surface area (Å²) in [6.45, 7) is 4.28. The molecule has 2 aromatic heterocycles. The van der Waals surface area contributed by atoms with Gasteiger partial charge in [0, 0.05) is 30.5 Å². The number of anilines is 1. The normalized spacial score (nSPS) is 11.4. The Hall–Kier alpha value is -3.07. The molecule has 1 amide bonds. The lowest BCUT2D eigenvalue weighted by atomic mass is 10.1. The zero-order chi connectivity index (χ0) is 22.6. The molecular formula is C21H21ClF3N5O. The fraction of sp³-hybridized carbons (Fsp3) is 0.286. The van der Waals surface area contributed by atoms with Crippen molar-refractivity contribution >= 4 is 23.3 Å². The molecule has 0 atom stereocenters. The highest BCUT2D eigenvalue weighted by atomic mass is 35.5. The van der Waals surface area contributed by atoms with Crippen molar-refractivity contribution in [2.75, 3.05) is 18.4 Å². The molecule has 2 heterocycles. The monoisotopic (exact) mass is 451 g/mol. The van der Waals surface area contributed by atoms with Crippen LogP contribution in [0.5, 0.6) is 0 Å². The van der Waals surface area contributed by atoms with Gasteiger partial charge in [-0.05, 0) is 32.0 Å². The van der Waals surface area contributed by atoms with Crippen molar-refractivity contribution in [3.05, 3.63) is 70.1 Å². The Morgan fingerprint density at radius 3 is 2.52 bits per heavy atom. The van der Waals surface area contributed by atoms with Crippen LogP contribution in [0.3, 0.4) is 0 Å². The maximum atomic E-state index is 12.7. The zero-order valence-corrected chi connectivity index (χ0v) is 17.7. The average molecular weight is 452 g/mol. The largest absolute Gasteiger partial charge is 0.417 e. The minimum atomic E-state index is -4.51. The number of aromatic nitrogens is 3. The summed E-state index contributed by atoms with van der Waals surface area (Å²) in [5.41, 5.74) is 2.51. The number of aryl methyl sites for hydroxylation is 1. The summed E-state index contributed by atoms with van der Waals surface area (Å²) in [6, 6.07) is 10.5. The standard InChI is InChI=1S/C21H21ClF3N5O/c1-13-17(14(2)30(29-13)16-6-4-3-5-7-16)11-19(31)26-8-9-27-20-18(22)10-15(12-28-20)21(23,24)25/h3-7,10,12H,8-9,11H2,1-2H3,(H,26,31)(H,27,28). The Bertz CT molecular complexity index is 1070. The van der Waals surface area contributed by atoms with Gasteiger partial charge >= 0.3 is 6.18 Å². The van der Waals surface area contributed by atoms with Crippen molar-refractivity contribution in [2.24, 2.45) is 0 Å². The van der Waals surface area contributed by atoms with Crippen LogP contribution in [0, 0.1) is 13.8 Å². The van der Waals surface area contributed by atoms with Crippen LogP contribution in [0.25, 0.3) is 5.69 Å². The van der Waals surface area contributed by atoms with Crippen LogP contribution < -0.4 is 10.6 Å². The second-order valence-corrected chi connectivity index (χ2v) is 7.31. The number of alkyl halides is 3. The molecule has 1 aromatic carbocycles. The zero-order valence-electron chi connectivity index (χ0n) is 16.9. The molecule has 0 spiro atoms. The van der Waals surface area contributed by atoms with Crippen LogP contribution in [-0.2, 0) is 17.4 Å². The van der Waals surface area contributed by atoms with E-state index in [-0.39, 0.29) is 36.3 Å². The number of hydrogen-bond donors (Lipinski definition) is 2. The molecule has 0 aliphatic rings. The van der Waals surface area contributed by atoms with E-state index in [9.17, 15) is 18.0 Å². The van der Waals surface area contributed by atoms with Gasteiger partial charge in [0.25, 0.3) is 0 Å². The van der Waals surface area contributed by atoms with Gasteiger partial charge in [-0.2, -0.15) is 18.3 Å². The molecule has 0 saturated heterocycles. The number of benzene rings is 1. The summed E-state index contributed by atoms with van der Waals surface area (Å²) in [6.07, 6.45) is -3.62. The van der Waals surface area contributed by atoms with E-state index in [0.717, 1.165) is 28.7 Å². The summed E-state index contributed by atoms with van der Waals surface area (Å²) >= 11 is 5.85. The molecule has 3 rings (SSSR count). The highest BCUT2D eigenvalue weighted by Gasteiger charge is 2.31. The second kappa shape index (κ2) is 9.38. The van der Waals surface area contributed by atoms with Gasteiger partial charge in [-0.15, -0.1) is 0 Å². The van der Waals surface area contributed by atoms with E-state index in [1.54, 1.807) is 4.68 Å². The Kier molecular flexibility index (Phi) is 6.84. The Morgan fingerprint density at radius 1 is 1.16 bits per heavy atom. The molecule has 2 N–H and O–H groups in total. The molecule has 6 nitrogen and oxygen atoms in total. The van der Waals surface area contributed by atoms with Crippen LogP contribution >= 0.6 is 11.6 Å². The topological polar surface area (TPSA) is 71.8 Å². The van der Waals surface area contributed by atoms with Crippen molar-refractivity contribution in [1.82, 2.24) is 20.1 Å². The number of carbonyl (C=O) groups is 1. The van der Waals surface area contributed by atoms with Gasteiger partial charge in [0.05, 0.1) is 28.4 Å². The van der Waals surface area contributed by atoms with Crippen LogP contribution in [0.1, 0.15) is 22.5 Å². The highest BCUT2D eigenvalue weighted by molar-refractivity contribution is 6.32. The van der Waals surface area contributed by atoms with Gasteiger partial charge in [0.15, 0.2) is 0 Å². The molecule has 0 aliphatic heterocycles. The van der Waals surface area contributed by atoms with Gasteiger partial charge in [-0.1, -0.05) is 29.8 Å². The summed E-state index contributed by atoms with van der Waals surface area (Å²) < 4.78 is 39.8. The molecule has 0 fully saturated rings. The van der Waals surface area contributed by atoms with E-state index in [1.807, 2.05) is 44.2 Å². The lowest BCUT2D eigenvalue weighted by Gasteiger charge is -2.11. The lowest BCUT2D eigenvalue weighted by Crippen LogP contribution is -2.30. The van der Waals surface area contributed by atoms with Gasteiger partial charge in [-0.25, -0.2) is 9.67 Å². The Balaban J connectivity index is 1.53. The van der Waals surface area contributed by atoms with E-state index in [0.29, 0.717) is 6.20 Å². The summed E-state index contributed by atoms with van der Waals surface area (Å²) in [5.74, 6) is -0.0631. The van der Waals surface area contributed by atoms with Gasteiger partial charge < -0.3 is 10.6 Å². The van der Waals surface area contributed by atoms with Crippen molar-refractivity contribution in [2.45, 2.75) is 26.4 Å². The van der Waals surface area contributed by atoms with E-state index < -0.39 is 11.7 Å². The predicted molar refractivity (Wildman–Crippen MR) is 112 cm³/mol.